The van der Waals surface area contributed by atoms with Crippen LogP contribution in [0.2, 0.25) is 0 Å². The number of carbonyl (C=O) groups is 1. The third-order valence-corrected chi connectivity index (χ3v) is 1.39. The van der Waals surface area contributed by atoms with E-state index in [0.29, 0.717) is 0 Å². The fraction of sp³-hybridized carbons (Fsp3) is 0. The largest absolute Gasteiger partial charge is 0.434 e. The molecule has 5 heteroatoms. The van der Waals surface area contributed by atoms with Crippen molar-refractivity contribution >= 4 is 6.03 Å². The van der Waals surface area contributed by atoms with E-state index in [4.69, 9.17) is 0 Å². The van der Waals surface area contributed by atoms with Crippen LogP contribution >= 0.6 is 0 Å². The van der Waals surface area contributed by atoms with Gasteiger partial charge in [-0.05, 0) is 0 Å². The van der Waals surface area contributed by atoms with Gasteiger partial charge in [0.15, 0.2) is 6.20 Å². The lowest BCUT2D eigenvalue weighted by atomic mass is 10.8. The second-order valence-corrected chi connectivity index (χ2v) is 2.15. The highest BCUT2D eigenvalue weighted by atomic mass is 16.2. The van der Waals surface area contributed by atoms with Gasteiger partial charge < -0.3 is 0 Å². The molecule has 0 saturated carbocycles. The summed E-state index contributed by atoms with van der Waals surface area (Å²) < 4.78 is 2.60. The summed E-state index contributed by atoms with van der Waals surface area (Å²) in [5, 5.41) is 0. The van der Waals surface area contributed by atoms with Crippen molar-refractivity contribution in [1.82, 2.24) is 14.1 Å². The van der Waals surface area contributed by atoms with Crippen molar-refractivity contribution in [2.75, 3.05) is 0 Å². The third kappa shape index (κ3) is 0.953. The lowest BCUT2D eigenvalue weighted by Gasteiger charge is -1.89. The van der Waals surface area contributed by atoms with E-state index in [-0.39, 0.29) is 6.03 Å². The van der Waals surface area contributed by atoms with Gasteiger partial charge in [-0.3, -0.25) is 0 Å². The molecular formula is C7H5N4O+. The summed E-state index contributed by atoms with van der Waals surface area (Å²) in [6, 6.07) is -0.245. The zero-order valence-corrected chi connectivity index (χ0v) is 6.08. The highest BCUT2D eigenvalue weighted by Crippen LogP contribution is 1.89. The summed E-state index contributed by atoms with van der Waals surface area (Å²) in [6.45, 7) is 0. The summed E-state index contributed by atoms with van der Waals surface area (Å²) >= 11 is 0. The quantitative estimate of drug-likeness (QED) is 0.528. The van der Waals surface area contributed by atoms with E-state index in [1.165, 1.54) is 34.1 Å². The minimum absolute atomic E-state index is 0.245. The summed E-state index contributed by atoms with van der Waals surface area (Å²) in [4.78, 5) is 18.8. The number of hydrogen-bond donors (Lipinski definition) is 0. The molecule has 0 atom stereocenters. The van der Waals surface area contributed by atoms with E-state index in [1.54, 1.807) is 6.20 Å². The van der Waals surface area contributed by atoms with Crippen molar-refractivity contribution in [3.63, 3.8) is 0 Å². The van der Waals surface area contributed by atoms with Crippen LogP contribution in [0.25, 0.3) is 0 Å². The van der Waals surface area contributed by atoms with E-state index in [9.17, 15) is 4.79 Å². The summed E-state index contributed by atoms with van der Waals surface area (Å²) in [5.74, 6) is 0. The van der Waals surface area contributed by atoms with Crippen LogP contribution in [-0.2, 0) is 0 Å². The summed E-state index contributed by atoms with van der Waals surface area (Å²) in [5.41, 5.74) is 0. The van der Waals surface area contributed by atoms with Crippen LogP contribution in [0, 0.1) is 6.33 Å². The standard InChI is InChI=1S/C7H5N4O/c12-7(10-3-1-8-5-10)11-4-2-9-6-11/h1-5H/q+1. The zero-order valence-electron chi connectivity index (χ0n) is 6.08. The van der Waals surface area contributed by atoms with Crippen LogP contribution in [0.3, 0.4) is 0 Å². The highest BCUT2D eigenvalue weighted by Gasteiger charge is 2.12. The smallest absolute Gasteiger partial charge is 0.245 e. The lowest BCUT2D eigenvalue weighted by molar-refractivity contribution is -0.291. The van der Waals surface area contributed by atoms with Gasteiger partial charge >= 0.3 is 12.4 Å². The topological polar surface area (TPSA) is 53.9 Å². The predicted octanol–water partition coefficient (Wildman–Crippen LogP) is -0.399. The molecular weight excluding hydrogens is 156 g/mol. The number of rotatable bonds is 0. The Morgan fingerprint density at radius 1 is 1.50 bits per heavy atom. The highest BCUT2D eigenvalue weighted by molar-refractivity contribution is 5.78. The molecule has 12 heavy (non-hydrogen) atoms. The fourth-order valence-electron chi connectivity index (χ4n) is 0.832. The van der Waals surface area contributed by atoms with Gasteiger partial charge in [0.1, 0.15) is 6.33 Å². The summed E-state index contributed by atoms with van der Waals surface area (Å²) in [7, 11) is 0. The maximum Gasteiger partial charge on any atom is 0.434 e. The van der Waals surface area contributed by atoms with Gasteiger partial charge in [-0.1, -0.05) is 4.57 Å². The number of carbonyl (C=O) groups excluding carboxylic acids is 1. The van der Waals surface area contributed by atoms with Crippen LogP contribution in [0.15, 0.2) is 31.1 Å². The molecule has 2 aromatic rings. The SMILES string of the molecule is O=C(n1c#[n+]cc1)n1ccnc1. The zero-order chi connectivity index (χ0) is 8.39. The van der Waals surface area contributed by atoms with Crippen molar-refractivity contribution in [3.05, 3.63) is 37.4 Å². The average molecular weight is 161 g/mol. The van der Waals surface area contributed by atoms with Crippen LogP contribution in [0.4, 0.5) is 4.79 Å². The monoisotopic (exact) mass is 161 g/mol. The first-order chi connectivity index (χ1) is 5.88. The minimum Gasteiger partial charge on any atom is -0.245 e. The Morgan fingerprint density at radius 3 is 3.00 bits per heavy atom. The average Bonchev–Trinajstić information content (AvgIpc) is 2.77. The van der Waals surface area contributed by atoms with E-state index >= 15 is 0 Å². The molecule has 5 nitrogen and oxygen atoms in total. The summed E-state index contributed by atoms with van der Waals surface area (Å²) in [6.07, 6.45) is 10.0. The maximum atomic E-state index is 11.4. The Balaban J connectivity index is 2.34. The number of nitrogens with zero attached hydrogens (tertiary/aromatic N) is 4. The molecule has 2 aromatic heterocycles. The van der Waals surface area contributed by atoms with Crippen LogP contribution < -0.4 is 4.98 Å². The lowest BCUT2D eigenvalue weighted by Crippen LogP contribution is -2.15. The van der Waals surface area contributed by atoms with Crippen molar-refractivity contribution in [2.24, 2.45) is 0 Å². The maximum absolute atomic E-state index is 11.4. The molecule has 0 saturated heterocycles. The molecule has 0 radical (unpaired) electrons. The second-order valence-electron chi connectivity index (χ2n) is 2.15. The first kappa shape index (κ1) is 6.61. The molecule has 0 bridgehead atoms. The Morgan fingerprint density at radius 2 is 2.42 bits per heavy atom. The normalized spacial score (nSPS) is 9.33. The Kier molecular flexibility index (Phi) is 1.38. The van der Waals surface area contributed by atoms with Gasteiger partial charge in [-0.15, -0.1) is 0 Å². The third-order valence-electron chi connectivity index (χ3n) is 1.39. The molecule has 0 spiro atoms. The molecule has 0 aliphatic carbocycles. The molecule has 0 N–H and O–H groups in total. The van der Waals surface area contributed by atoms with E-state index in [0.717, 1.165) is 0 Å². The van der Waals surface area contributed by atoms with Crippen molar-refractivity contribution < 1.29 is 9.78 Å². The van der Waals surface area contributed by atoms with Crippen LogP contribution in [0.1, 0.15) is 0 Å². The van der Waals surface area contributed by atoms with Gasteiger partial charge in [0, 0.05) is 12.4 Å². The van der Waals surface area contributed by atoms with Gasteiger partial charge in [0.2, 0.25) is 6.20 Å². The molecule has 58 valence electrons. The number of imidazole rings is 1. The molecule has 0 aromatic carbocycles. The van der Waals surface area contributed by atoms with Crippen molar-refractivity contribution in [2.45, 2.75) is 0 Å². The van der Waals surface area contributed by atoms with E-state index in [1.807, 2.05) is 0 Å². The Labute approximate surface area is 68.3 Å². The van der Waals surface area contributed by atoms with Gasteiger partial charge in [-0.25, -0.2) is 14.3 Å². The molecule has 2 rings (SSSR count). The second kappa shape index (κ2) is 2.51. The molecule has 0 aliphatic heterocycles. The van der Waals surface area contributed by atoms with Gasteiger partial charge in [0.25, 0.3) is 0 Å². The van der Waals surface area contributed by atoms with Crippen LogP contribution in [-0.4, -0.2) is 20.1 Å². The fourth-order valence-corrected chi connectivity index (χ4v) is 0.832. The van der Waals surface area contributed by atoms with Gasteiger partial charge in [0.05, 0.1) is 0 Å². The van der Waals surface area contributed by atoms with Gasteiger partial charge in [-0.2, -0.15) is 4.98 Å². The molecule has 2 heterocycles. The predicted molar refractivity (Wildman–Crippen MR) is 37.3 cm³/mol. The number of hydrogen-bond acceptors (Lipinski definition) is 2. The van der Waals surface area contributed by atoms with E-state index in [2.05, 4.69) is 16.3 Å². The van der Waals surface area contributed by atoms with E-state index < -0.39 is 0 Å². The molecule has 0 fully saturated rings. The van der Waals surface area contributed by atoms with Crippen molar-refractivity contribution in [1.29, 1.82) is 0 Å². The minimum atomic E-state index is -0.245. The van der Waals surface area contributed by atoms with Crippen molar-refractivity contribution in [3.8, 4) is 0 Å². The molecule has 0 amide bonds. The number of aromatic nitrogens is 4. The first-order valence-corrected chi connectivity index (χ1v) is 3.31. The van der Waals surface area contributed by atoms with Crippen LogP contribution in [0.5, 0.6) is 0 Å². The first-order valence-electron chi connectivity index (χ1n) is 3.31. The molecule has 0 unspecified atom stereocenters. The molecule has 0 aliphatic rings. The Bertz CT molecular complexity index is 326. The Hall–Kier alpha value is -2.09.